The van der Waals surface area contributed by atoms with Crippen molar-refractivity contribution in [2.75, 3.05) is 13.2 Å². The molecule has 1 aromatic carbocycles. The highest BCUT2D eigenvalue weighted by atomic mass is 19.1. The summed E-state index contributed by atoms with van der Waals surface area (Å²) in [6.45, 7) is 2.84. The molecule has 0 amide bonds. The third-order valence-electron chi connectivity index (χ3n) is 4.24. The van der Waals surface area contributed by atoms with Gasteiger partial charge in [0.25, 0.3) is 0 Å². The van der Waals surface area contributed by atoms with E-state index in [0.29, 0.717) is 18.8 Å². The molecule has 1 unspecified atom stereocenters. The first-order valence-electron chi connectivity index (χ1n) is 7.36. The molecule has 3 fully saturated rings. The summed E-state index contributed by atoms with van der Waals surface area (Å²) >= 11 is 0. The minimum absolute atomic E-state index is 0.354. The Labute approximate surface area is 119 Å². The Hall–Kier alpha value is -0.970. The van der Waals surface area contributed by atoms with Crippen LogP contribution in [0.2, 0.25) is 0 Å². The second kappa shape index (κ2) is 5.43. The lowest BCUT2D eigenvalue weighted by Crippen LogP contribution is -2.61. The monoisotopic (exact) mass is 280 g/mol. The van der Waals surface area contributed by atoms with Crippen LogP contribution in [0, 0.1) is 5.41 Å². The van der Waals surface area contributed by atoms with Crippen LogP contribution in [0.4, 0.5) is 4.39 Å². The van der Waals surface area contributed by atoms with Crippen molar-refractivity contribution in [3.05, 3.63) is 35.9 Å². The van der Waals surface area contributed by atoms with Gasteiger partial charge in [-0.1, -0.05) is 56.5 Å². The van der Waals surface area contributed by atoms with Crippen LogP contribution in [0.25, 0.3) is 0 Å². The molecular weight excluding hydrogens is 259 g/mol. The minimum atomic E-state index is -1.35. The maximum absolute atomic E-state index is 14.5. The van der Waals surface area contributed by atoms with E-state index in [1.165, 1.54) is 0 Å². The molecule has 0 radical (unpaired) electrons. The average Bonchev–Trinajstić information content (AvgIpc) is 2.50. The first-order valence-corrected chi connectivity index (χ1v) is 7.36. The maximum atomic E-state index is 14.5. The Morgan fingerprint density at radius 1 is 1.15 bits per heavy atom. The van der Waals surface area contributed by atoms with Crippen molar-refractivity contribution in [2.45, 2.75) is 44.9 Å². The predicted molar refractivity (Wildman–Crippen MR) is 72.6 cm³/mol. The fourth-order valence-electron chi connectivity index (χ4n) is 2.88. The van der Waals surface area contributed by atoms with Gasteiger partial charge in [0.05, 0.1) is 18.6 Å². The average molecular weight is 280 g/mol. The molecular formula is C16H21FO3. The molecule has 3 aliphatic rings. The lowest BCUT2D eigenvalue weighted by Gasteiger charge is -2.53. The van der Waals surface area contributed by atoms with Crippen molar-refractivity contribution >= 4 is 0 Å². The van der Waals surface area contributed by atoms with E-state index in [1.807, 2.05) is 30.3 Å². The number of ether oxygens (including phenoxy) is 3. The van der Waals surface area contributed by atoms with Crippen LogP contribution in [0.1, 0.15) is 38.2 Å². The highest BCUT2D eigenvalue weighted by Crippen LogP contribution is 2.50. The Balaban J connectivity index is 1.75. The zero-order valence-electron chi connectivity index (χ0n) is 11.8. The second-order valence-corrected chi connectivity index (χ2v) is 5.75. The van der Waals surface area contributed by atoms with E-state index in [9.17, 15) is 4.39 Å². The minimum Gasteiger partial charge on any atom is -0.323 e. The number of halogens is 1. The van der Waals surface area contributed by atoms with Crippen LogP contribution in [0.3, 0.4) is 0 Å². The molecule has 3 nitrogen and oxygen atoms in total. The Morgan fingerprint density at radius 3 is 2.45 bits per heavy atom. The summed E-state index contributed by atoms with van der Waals surface area (Å²) in [6, 6.07) is 9.30. The number of unbranched alkanes of at least 4 members (excludes halogenated alkanes) is 2. The van der Waals surface area contributed by atoms with Crippen LogP contribution >= 0.6 is 0 Å². The quantitative estimate of drug-likeness (QED) is 0.769. The van der Waals surface area contributed by atoms with E-state index < -0.39 is 17.7 Å². The van der Waals surface area contributed by atoms with E-state index in [4.69, 9.17) is 14.2 Å². The molecule has 2 bridgehead atoms. The van der Waals surface area contributed by atoms with E-state index in [0.717, 1.165) is 25.7 Å². The molecule has 3 saturated heterocycles. The predicted octanol–water partition coefficient (Wildman–Crippen LogP) is 3.74. The lowest BCUT2D eigenvalue weighted by atomic mass is 9.81. The number of benzene rings is 1. The molecule has 4 rings (SSSR count). The van der Waals surface area contributed by atoms with Gasteiger partial charge in [0, 0.05) is 5.56 Å². The SMILES string of the molecule is CCCCCC12COC(c3ccccc3)(OC1)OC2F. The van der Waals surface area contributed by atoms with Gasteiger partial charge in [-0.25, -0.2) is 4.39 Å². The Bertz CT molecular complexity index is 440. The van der Waals surface area contributed by atoms with Crippen LogP contribution in [-0.2, 0) is 20.2 Å². The Morgan fingerprint density at radius 2 is 1.85 bits per heavy atom. The molecule has 0 aromatic heterocycles. The van der Waals surface area contributed by atoms with Crippen molar-refractivity contribution in [3.63, 3.8) is 0 Å². The zero-order chi connectivity index (χ0) is 14.1. The number of rotatable bonds is 5. The maximum Gasteiger partial charge on any atom is 0.314 e. The van der Waals surface area contributed by atoms with Crippen molar-refractivity contribution in [1.29, 1.82) is 0 Å². The topological polar surface area (TPSA) is 27.7 Å². The molecule has 1 atom stereocenters. The summed E-state index contributed by atoms with van der Waals surface area (Å²) in [5.74, 6) is -1.35. The van der Waals surface area contributed by atoms with Crippen molar-refractivity contribution in [3.8, 4) is 0 Å². The molecule has 0 N–H and O–H groups in total. The Kier molecular flexibility index (Phi) is 3.80. The van der Waals surface area contributed by atoms with Gasteiger partial charge in [0.15, 0.2) is 0 Å². The first-order chi connectivity index (χ1) is 9.71. The summed E-state index contributed by atoms with van der Waals surface area (Å²) in [7, 11) is 0. The highest BCUT2D eigenvalue weighted by molar-refractivity contribution is 5.20. The molecule has 0 spiro atoms. The number of hydrogen-bond acceptors (Lipinski definition) is 3. The zero-order valence-corrected chi connectivity index (χ0v) is 11.8. The van der Waals surface area contributed by atoms with Crippen LogP contribution < -0.4 is 0 Å². The fraction of sp³-hybridized carbons (Fsp3) is 0.625. The summed E-state index contributed by atoms with van der Waals surface area (Å²) in [4.78, 5) is 0. The molecule has 4 heteroatoms. The van der Waals surface area contributed by atoms with E-state index >= 15 is 0 Å². The molecule has 1 aromatic rings. The summed E-state index contributed by atoms with van der Waals surface area (Å²) in [5, 5.41) is 0. The lowest BCUT2D eigenvalue weighted by molar-refractivity contribution is -0.517. The number of hydrogen-bond donors (Lipinski definition) is 0. The van der Waals surface area contributed by atoms with Crippen molar-refractivity contribution in [1.82, 2.24) is 0 Å². The first kappa shape index (κ1) is 14.0. The van der Waals surface area contributed by atoms with Gasteiger partial charge < -0.3 is 9.47 Å². The number of alkyl halides is 1. The molecule has 0 saturated carbocycles. The van der Waals surface area contributed by atoms with E-state index in [2.05, 4.69) is 6.92 Å². The van der Waals surface area contributed by atoms with E-state index in [-0.39, 0.29) is 0 Å². The smallest absolute Gasteiger partial charge is 0.314 e. The van der Waals surface area contributed by atoms with Crippen LogP contribution in [0.5, 0.6) is 0 Å². The third kappa shape index (κ3) is 2.26. The van der Waals surface area contributed by atoms with Gasteiger partial charge in [-0.15, -0.1) is 0 Å². The van der Waals surface area contributed by atoms with Gasteiger partial charge >= 0.3 is 5.97 Å². The summed E-state index contributed by atoms with van der Waals surface area (Å²) in [5.41, 5.74) is 0.0793. The van der Waals surface area contributed by atoms with Crippen molar-refractivity contribution < 1.29 is 18.6 Å². The third-order valence-corrected chi connectivity index (χ3v) is 4.24. The molecule has 3 aliphatic heterocycles. The molecule has 110 valence electrons. The second-order valence-electron chi connectivity index (χ2n) is 5.75. The molecule has 20 heavy (non-hydrogen) atoms. The van der Waals surface area contributed by atoms with Crippen molar-refractivity contribution in [2.24, 2.45) is 5.41 Å². The van der Waals surface area contributed by atoms with Crippen LogP contribution in [0.15, 0.2) is 30.3 Å². The molecule has 0 aliphatic carbocycles. The van der Waals surface area contributed by atoms with Gasteiger partial charge in [0.2, 0.25) is 6.36 Å². The largest absolute Gasteiger partial charge is 0.323 e. The summed E-state index contributed by atoms with van der Waals surface area (Å²) < 4.78 is 31.5. The summed E-state index contributed by atoms with van der Waals surface area (Å²) in [6.07, 6.45) is 2.60. The van der Waals surface area contributed by atoms with Gasteiger partial charge in [-0.05, 0) is 6.42 Å². The van der Waals surface area contributed by atoms with Gasteiger partial charge in [0.1, 0.15) is 0 Å². The van der Waals surface area contributed by atoms with Gasteiger partial charge in [-0.2, -0.15) is 0 Å². The fourth-order valence-corrected chi connectivity index (χ4v) is 2.88. The number of fused-ring (bicyclic) bond motifs is 3. The highest BCUT2D eigenvalue weighted by Gasteiger charge is 2.59. The normalized spacial score (nSPS) is 36.2. The van der Waals surface area contributed by atoms with E-state index in [1.54, 1.807) is 0 Å². The molecule has 3 heterocycles. The van der Waals surface area contributed by atoms with Gasteiger partial charge in [-0.3, -0.25) is 4.74 Å². The van der Waals surface area contributed by atoms with Crippen LogP contribution in [-0.4, -0.2) is 19.6 Å². The standard InChI is InChI=1S/C16H21FO3/c1-2-3-7-10-15-11-18-16(19-12-15,20-14(15)17)13-8-5-4-6-9-13/h4-6,8-9,14H,2-3,7,10-12H2,1H3.